The first-order valence-electron chi connectivity index (χ1n) is 9.06. The summed E-state index contributed by atoms with van der Waals surface area (Å²) in [5, 5.41) is 2.98. The van der Waals surface area contributed by atoms with Crippen LogP contribution in [0.1, 0.15) is 31.2 Å². The van der Waals surface area contributed by atoms with E-state index in [1.165, 1.54) is 19.3 Å². The van der Waals surface area contributed by atoms with Crippen molar-refractivity contribution < 1.29 is 9.53 Å². The third kappa shape index (κ3) is 5.46. The summed E-state index contributed by atoms with van der Waals surface area (Å²) in [6.07, 6.45) is 5.84. The Morgan fingerprint density at radius 3 is 2.85 bits per heavy atom. The molecule has 2 heterocycles. The molecule has 1 aromatic heterocycles. The molecular weight excluding hydrogens is 394 g/mol. The predicted octanol–water partition coefficient (Wildman–Crippen LogP) is 3.92. The molecule has 1 aliphatic heterocycles. The van der Waals surface area contributed by atoms with E-state index in [9.17, 15) is 4.79 Å². The van der Waals surface area contributed by atoms with Gasteiger partial charge in [0.2, 0.25) is 5.91 Å². The molecule has 6 heteroatoms. The Balaban J connectivity index is 1.47. The molecule has 1 amide bonds. The van der Waals surface area contributed by atoms with E-state index in [-0.39, 0.29) is 5.91 Å². The van der Waals surface area contributed by atoms with Crippen LogP contribution in [0.15, 0.2) is 47.1 Å². The minimum Gasteiger partial charge on any atom is -0.493 e. The number of ether oxygens (including phenoxy) is 1. The van der Waals surface area contributed by atoms with Crippen LogP contribution in [-0.4, -0.2) is 30.6 Å². The second-order valence-electron chi connectivity index (χ2n) is 6.37. The quantitative estimate of drug-likeness (QED) is 0.741. The molecular formula is C20H24BrN3O2. The first-order chi connectivity index (χ1) is 12.7. The lowest BCUT2D eigenvalue weighted by Gasteiger charge is -2.29. The van der Waals surface area contributed by atoms with Crippen LogP contribution in [0.5, 0.6) is 5.75 Å². The Hall–Kier alpha value is -2.08. The van der Waals surface area contributed by atoms with Crippen LogP contribution in [0.4, 0.5) is 5.82 Å². The van der Waals surface area contributed by atoms with E-state index in [1.807, 2.05) is 42.6 Å². The number of nitrogens with one attached hydrogen (secondary N) is 1. The number of carbonyl (C=O) groups excluding carboxylic acids is 1. The minimum absolute atomic E-state index is 0.0200. The number of halogens is 1. The average molecular weight is 418 g/mol. The normalized spacial score (nSPS) is 14.1. The summed E-state index contributed by atoms with van der Waals surface area (Å²) in [5.41, 5.74) is 1.07. The van der Waals surface area contributed by atoms with Crippen molar-refractivity contribution in [2.75, 3.05) is 24.6 Å². The number of amides is 1. The van der Waals surface area contributed by atoms with Crippen molar-refractivity contribution >= 4 is 27.7 Å². The van der Waals surface area contributed by atoms with Gasteiger partial charge in [-0.3, -0.25) is 4.79 Å². The number of hydrogen-bond donors (Lipinski definition) is 1. The van der Waals surface area contributed by atoms with Crippen LogP contribution in [0.2, 0.25) is 0 Å². The minimum atomic E-state index is -0.0200. The second kappa shape index (κ2) is 9.57. The first-order valence-corrected chi connectivity index (χ1v) is 9.85. The number of anilines is 1. The number of aromatic nitrogens is 1. The average Bonchev–Trinajstić information content (AvgIpc) is 2.67. The highest BCUT2D eigenvalue weighted by molar-refractivity contribution is 9.10. The molecule has 1 N–H and O–H groups in total. The zero-order valence-electron chi connectivity index (χ0n) is 14.8. The molecule has 0 bridgehead atoms. The zero-order valence-corrected chi connectivity index (χ0v) is 16.4. The summed E-state index contributed by atoms with van der Waals surface area (Å²) in [5.74, 6) is 1.73. The van der Waals surface area contributed by atoms with Gasteiger partial charge in [0.15, 0.2) is 0 Å². The molecule has 0 atom stereocenters. The van der Waals surface area contributed by atoms with Crippen molar-refractivity contribution in [1.82, 2.24) is 10.3 Å². The van der Waals surface area contributed by atoms with Gasteiger partial charge in [-0.25, -0.2) is 4.98 Å². The Bertz CT molecular complexity index is 733. The van der Waals surface area contributed by atoms with Gasteiger partial charge in [0, 0.05) is 35.9 Å². The summed E-state index contributed by atoms with van der Waals surface area (Å²) < 4.78 is 6.58. The van der Waals surface area contributed by atoms with E-state index in [0.29, 0.717) is 19.6 Å². The van der Waals surface area contributed by atoms with Crippen molar-refractivity contribution in [2.24, 2.45) is 0 Å². The van der Waals surface area contributed by atoms with Crippen molar-refractivity contribution in [3.63, 3.8) is 0 Å². The molecule has 0 unspecified atom stereocenters. The molecule has 0 radical (unpaired) electrons. The van der Waals surface area contributed by atoms with Gasteiger partial charge in [-0.2, -0.15) is 0 Å². The lowest BCUT2D eigenvalue weighted by molar-refractivity contribution is -0.121. The van der Waals surface area contributed by atoms with Crippen molar-refractivity contribution in [2.45, 2.75) is 32.2 Å². The second-order valence-corrected chi connectivity index (χ2v) is 7.28. The number of benzene rings is 1. The van der Waals surface area contributed by atoms with Crippen molar-refractivity contribution in [1.29, 1.82) is 0 Å². The first kappa shape index (κ1) is 18.7. The highest BCUT2D eigenvalue weighted by atomic mass is 79.9. The number of piperidine rings is 1. The van der Waals surface area contributed by atoms with E-state index >= 15 is 0 Å². The molecule has 3 rings (SSSR count). The van der Waals surface area contributed by atoms with Crippen molar-refractivity contribution in [3.8, 4) is 5.75 Å². The zero-order chi connectivity index (χ0) is 18.2. The molecule has 1 aromatic carbocycles. The van der Waals surface area contributed by atoms with Gasteiger partial charge in [0.05, 0.1) is 13.0 Å². The van der Waals surface area contributed by atoms with Gasteiger partial charge in [0.1, 0.15) is 11.6 Å². The maximum absolute atomic E-state index is 12.1. The molecule has 138 valence electrons. The molecule has 0 spiro atoms. The lowest BCUT2D eigenvalue weighted by Crippen LogP contribution is -2.32. The fraction of sp³-hybridized carbons (Fsp3) is 0.400. The molecule has 1 aliphatic rings. The van der Waals surface area contributed by atoms with E-state index in [0.717, 1.165) is 34.7 Å². The Morgan fingerprint density at radius 1 is 1.19 bits per heavy atom. The summed E-state index contributed by atoms with van der Waals surface area (Å²) in [7, 11) is 0. The van der Waals surface area contributed by atoms with Gasteiger partial charge < -0.3 is 15.0 Å². The fourth-order valence-corrected chi connectivity index (χ4v) is 3.44. The summed E-state index contributed by atoms with van der Waals surface area (Å²) in [6.45, 7) is 2.93. The lowest BCUT2D eigenvalue weighted by atomic mass is 10.1. The Kier molecular flexibility index (Phi) is 6.89. The number of carbonyl (C=O) groups is 1. The summed E-state index contributed by atoms with van der Waals surface area (Å²) in [6, 6.07) is 11.6. The third-order valence-corrected chi connectivity index (χ3v) is 4.89. The fourth-order valence-electron chi connectivity index (χ4n) is 3.06. The maximum Gasteiger partial charge on any atom is 0.223 e. The van der Waals surface area contributed by atoms with E-state index in [2.05, 4.69) is 31.1 Å². The smallest absolute Gasteiger partial charge is 0.223 e. The van der Waals surface area contributed by atoms with E-state index in [4.69, 9.17) is 4.74 Å². The van der Waals surface area contributed by atoms with Crippen molar-refractivity contribution in [3.05, 3.63) is 52.6 Å². The van der Waals surface area contributed by atoms with Gasteiger partial charge in [-0.15, -0.1) is 0 Å². The monoisotopic (exact) mass is 417 g/mol. The molecule has 0 aliphatic carbocycles. The van der Waals surface area contributed by atoms with Crippen LogP contribution < -0.4 is 15.0 Å². The largest absolute Gasteiger partial charge is 0.493 e. The van der Waals surface area contributed by atoms with Gasteiger partial charge in [-0.1, -0.05) is 28.1 Å². The van der Waals surface area contributed by atoms with Gasteiger partial charge >= 0.3 is 0 Å². The highest BCUT2D eigenvalue weighted by Gasteiger charge is 2.15. The van der Waals surface area contributed by atoms with Crippen LogP contribution in [0.25, 0.3) is 0 Å². The predicted molar refractivity (Wildman–Crippen MR) is 106 cm³/mol. The molecule has 1 saturated heterocycles. The molecule has 2 aromatic rings. The van der Waals surface area contributed by atoms with Gasteiger partial charge in [0.25, 0.3) is 0 Å². The third-order valence-electron chi connectivity index (χ3n) is 4.39. The van der Waals surface area contributed by atoms with E-state index < -0.39 is 0 Å². The van der Waals surface area contributed by atoms with Gasteiger partial charge in [-0.05, 0) is 43.5 Å². The van der Waals surface area contributed by atoms with Crippen LogP contribution in [0, 0.1) is 0 Å². The topological polar surface area (TPSA) is 54.5 Å². The number of hydrogen-bond acceptors (Lipinski definition) is 4. The molecule has 5 nitrogen and oxygen atoms in total. The SMILES string of the molecule is O=C(CCOc1cccc(Br)c1)NCc1cccnc1N1CCCCC1. The number of pyridine rings is 1. The molecule has 26 heavy (non-hydrogen) atoms. The number of nitrogens with zero attached hydrogens (tertiary/aromatic N) is 2. The van der Waals surface area contributed by atoms with Crippen LogP contribution >= 0.6 is 15.9 Å². The van der Waals surface area contributed by atoms with Crippen LogP contribution in [0.3, 0.4) is 0 Å². The highest BCUT2D eigenvalue weighted by Crippen LogP contribution is 2.21. The Morgan fingerprint density at radius 2 is 2.04 bits per heavy atom. The molecule has 0 saturated carbocycles. The Labute approximate surface area is 162 Å². The maximum atomic E-state index is 12.1. The number of rotatable bonds is 7. The standard InChI is InChI=1S/C20H24BrN3O2/c21-17-7-4-8-18(14-17)26-13-9-19(25)23-15-16-6-5-10-22-20(16)24-11-2-1-3-12-24/h4-8,10,14H,1-3,9,11-13,15H2,(H,23,25). The molecule has 1 fully saturated rings. The van der Waals surface area contributed by atoms with Crippen LogP contribution in [-0.2, 0) is 11.3 Å². The van der Waals surface area contributed by atoms with E-state index in [1.54, 1.807) is 0 Å². The summed E-state index contributed by atoms with van der Waals surface area (Å²) >= 11 is 3.40. The summed E-state index contributed by atoms with van der Waals surface area (Å²) in [4.78, 5) is 19.0.